The Morgan fingerprint density at radius 3 is 2.00 bits per heavy atom. The topological polar surface area (TPSA) is 231 Å². The number of carbonyl (C=O) groups excluding carboxylic acids is 2. The van der Waals surface area contributed by atoms with Crippen LogP contribution >= 0.6 is 8.18 Å². The van der Waals surface area contributed by atoms with Gasteiger partial charge in [-0.3, -0.25) is 10.6 Å². The first-order valence-electron chi connectivity index (χ1n) is 12.6. The summed E-state index contributed by atoms with van der Waals surface area (Å²) >= 11 is 0. The molecule has 0 bridgehead atoms. The fourth-order valence-corrected chi connectivity index (χ4v) is 3.95. The van der Waals surface area contributed by atoms with E-state index < -0.39 is 55.9 Å². The lowest BCUT2D eigenvalue weighted by molar-refractivity contribution is -0.0758. The molecule has 3 amide bonds. The number of aromatic amines is 1. The fourth-order valence-electron chi connectivity index (χ4n) is 3.29. The summed E-state index contributed by atoms with van der Waals surface area (Å²) < 4.78 is 28.8. The summed E-state index contributed by atoms with van der Waals surface area (Å²) in [5, 5.41) is 28.1. The molecule has 230 valence electrons. The summed E-state index contributed by atoms with van der Waals surface area (Å²) in [5.41, 5.74) is -1.41. The van der Waals surface area contributed by atoms with Gasteiger partial charge in [-0.2, -0.15) is 5.21 Å². The van der Waals surface area contributed by atoms with Crippen LogP contribution in [0, 0.1) is 5.92 Å². The highest BCUT2D eigenvalue weighted by Gasteiger charge is 2.44. The number of amides is 3. The SMILES string of the molecule is CC(C)C(OC(c1nn[nH]n1)c1ccccc1N=C(NC(=O)OC(C)(C)C)NC(=O)OC(C)(C)C)N(C(=O)O)[P+](=O)O. The van der Waals surface area contributed by atoms with E-state index in [1.807, 2.05) is 0 Å². The van der Waals surface area contributed by atoms with Crippen molar-refractivity contribution in [3.63, 3.8) is 0 Å². The Kier molecular flexibility index (Phi) is 11.4. The van der Waals surface area contributed by atoms with E-state index in [4.69, 9.17) is 14.2 Å². The lowest BCUT2D eigenvalue weighted by Crippen LogP contribution is -2.47. The van der Waals surface area contributed by atoms with Gasteiger partial charge in [0, 0.05) is 11.5 Å². The van der Waals surface area contributed by atoms with Crippen LogP contribution in [-0.4, -0.2) is 77.0 Å². The van der Waals surface area contributed by atoms with Gasteiger partial charge >= 0.3 is 26.5 Å². The normalized spacial score (nSPS) is 13.4. The van der Waals surface area contributed by atoms with Gasteiger partial charge in [0.1, 0.15) is 11.2 Å². The van der Waals surface area contributed by atoms with Gasteiger partial charge in [0.05, 0.1) is 5.69 Å². The molecule has 18 heteroatoms. The molecule has 2 aromatic rings. The summed E-state index contributed by atoms with van der Waals surface area (Å²) in [7, 11) is -3.35. The van der Waals surface area contributed by atoms with E-state index in [0.717, 1.165) is 0 Å². The van der Waals surface area contributed by atoms with Crippen molar-refractivity contribution in [2.45, 2.75) is 78.9 Å². The predicted molar refractivity (Wildman–Crippen MR) is 148 cm³/mol. The van der Waals surface area contributed by atoms with Gasteiger partial charge in [-0.15, -0.1) is 15.1 Å². The van der Waals surface area contributed by atoms with Gasteiger partial charge in [0.2, 0.25) is 11.8 Å². The van der Waals surface area contributed by atoms with Crippen LogP contribution < -0.4 is 10.6 Å². The average Bonchev–Trinajstić information content (AvgIpc) is 3.33. The van der Waals surface area contributed by atoms with Crippen LogP contribution in [0.15, 0.2) is 29.3 Å². The lowest BCUT2D eigenvalue weighted by atomic mass is 10.1. The molecule has 3 unspecified atom stereocenters. The number of H-pyrrole nitrogens is 1. The standard InChI is InChI=1S/C24H35N8O9P/c1-13(2)18(32(22(35)36)42(37)38)39-16(17-28-30-31-29-17)14-11-9-10-12-15(14)25-19(26-20(33)40-23(3,4)5)27-21(34)41-24(6,7)8/h9-13,16,18H,1-8H3,(H4-,25,26,27,28,29,30,31,33,34,35,36,37,38)/p+1. The quantitative estimate of drug-likeness (QED) is 0.124. The minimum absolute atomic E-state index is 0.0661. The molecule has 0 saturated heterocycles. The Labute approximate surface area is 242 Å². The molecule has 0 aliphatic rings. The molecular weight excluding hydrogens is 575 g/mol. The van der Waals surface area contributed by atoms with Gasteiger partial charge in [-0.05, 0) is 56.8 Å². The van der Waals surface area contributed by atoms with E-state index in [2.05, 4.69) is 36.3 Å². The largest absolute Gasteiger partial charge is 0.651 e. The number of nitrogens with zero attached hydrogens (tertiary/aromatic N) is 5. The molecule has 0 fully saturated rings. The van der Waals surface area contributed by atoms with Crippen molar-refractivity contribution in [3.8, 4) is 0 Å². The molecule has 1 heterocycles. The number of tetrazole rings is 1. The van der Waals surface area contributed by atoms with E-state index in [-0.39, 0.29) is 27.7 Å². The van der Waals surface area contributed by atoms with E-state index in [1.165, 1.54) is 6.07 Å². The number of rotatable bonds is 8. The van der Waals surface area contributed by atoms with Crippen LogP contribution in [0.1, 0.15) is 72.9 Å². The Hall–Kier alpha value is -4.21. The number of hydrogen-bond acceptors (Lipinski definition) is 11. The van der Waals surface area contributed by atoms with Gasteiger partial charge in [-0.25, -0.2) is 19.4 Å². The monoisotopic (exact) mass is 611 g/mol. The fraction of sp³-hybridized carbons (Fsp3) is 0.542. The van der Waals surface area contributed by atoms with Crippen molar-refractivity contribution in [1.29, 1.82) is 0 Å². The summed E-state index contributed by atoms with van der Waals surface area (Å²) in [6.07, 6.45) is -6.29. The minimum Gasteiger partial charge on any atom is -0.462 e. The maximum absolute atomic E-state index is 12.6. The third-order valence-corrected chi connectivity index (χ3v) is 5.52. The second-order valence-electron chi connectivity index (χ2n) is 11.1. The molecule has 5 N–H and O–H groups in total. The molecule has 0 aliphatic heterocycles. The number of carboxylic acid groups (broad SMARTS) is 1. The van der Waals surface area contributed by atoms with Crippen LogP contribution in [0.25, 0.3) is 0 Å². The smallest absolute Gasteiger partial charge is 0.462 e. The van der Waals surface area contributed by atoms with E-state index >= 15 is 0 Å². The lowest BCUT2D eigenvalue weighted by Gasteiger charge is -2.27. The number of guanidine groups is 1. The number of hydrogen-bond donors (Lipinski definition) is 5. The second kappa shape index (κ2) is 14.1. The highest BCUT2D eigenvalue weighted by molar-refractivity contribution is 7.36. The molecule has 1 aromatic heterocycles. The van der Waals surface area contributed by atoms with E-state index in [1.54, 1.807) is 73.6 Å². The van der Waals surface area contributed by atoms with E-state index in [9.17, 15) is 28.9 Å². The van der Waals surface area contributed by atoms with Gasteiger partial charge in [0.15, 0.2) is 12.3 Å². The first kappa shape index (κ1) is 34.0. The number of alkyl carbamates (subject to hydrolysis) is 2. The molecule has 0 saturated carbocycles. The minimum atomic E-state index is -3.35. The second-order valence-corrected chi connectivity index (χ2v) is 12.0. The van der Waals surface area contributed by atoms with E-state index in [0.29, 0.717) is 0 Å². The molecule has 17 nitrogen and oxygen atoms in total. The molecule has 0 radical (unpaired) electrons. The van der Waals surface area contributed by atoms with Gasteiger partial charge < -0.3 is 19.3 Å². The van der Waals surface area contributed by atoms with Gasteiger partial charge in [0.25, 0.3) is 0 Å². The van der Waals surface area contributed by atoms with Crippen molar-refractivity contribution in [2.24, 2.45) is 10.9 Å². The highest BCUT2D eigenvalue weighted by atomic mass is 31.1. The summed E-state index contributed by atoms with van der Waals surface area (Å²) in [6, 6.07) is 6.26. The Bertz CT molecular complexity index is 1240. The zero-order valence-electron chi connectivity index (χ0n) is 24.5. The molecule has 0 aliphatic carbocycles. The molecule has 1 aromatic carbocycles. The van der Waals surface area contributed by atoms with Gasteiger partial charge in [-0.1, -0.05) is 37.3 Å². The first-order valence-corrected chi connectivity index (χ1v) is 13.8. The number of para-hydroxylation sites is 1. The van der Waals surface area contributed by atoms with Crippen molar-refractivity contribution in [3.05, 3.63) is 35.7 Å². The average molecular weight is 612 g/mol. The Morgan fingerprint density at radius 2 is 1.57 bits per heavy atom. The first-order chi connectivity index (χ1) is 19.4. The van der Waals surface area contributed by atoms with Crippen LogP contribution in [-0.2, 0) is 18.8 Å². The highest BCUT2D eigenvalue weighted by Crippen LogP contribution is 2.37. The van der Waals surface area contributed by atoms with Crippen LogP contribution in [0.3, 0.4) is 0 Å². The van der Waals surface area contributed by atoms with Crippen LogP contribution in [0.4, 0.5) is 20.1 Å². The van der Waals surface area contributed by atoms with Crippen LogP contribution in [0.5, 0.6) is 0 Å². The number of nitrogens with one attached hydrogen (secondary N) is 3. The number of carbonyl (C=O) groups is 3. The Morgan fingerprint density at radius 1 is 1.02 bits per heavy atom. The third kappa shape index (κ3) is 10.6. The number of ether oxygens (including phenoxy) is 3. The van der Waals surface area contributed by atoms with Crippen molar-refractivity contribution < 1.29 is 43.2 Å². The summed E-state index contributed by atoms with van der Waals surface area (Å²) in [6.45, 7) is 13.1. The molecule has 3 atom stereocenters. The molecule has 0 spiro atoms. The van der Waals surface area contributed by atoms with Crippen molar-refractivity contribution >= 4 is 38.1 Å². The maximum atomic E-state index is 12.6. The molecule has 42 heavy (non-hydrogen) atoms. The number of aromatic nitrogens is 4. The molecule has 2 rings (SSSR count). The predicted octanol–water partition coefficient (Wildman–Crippen LogP) is 3.95. The zero-order valence-corrected chi connectivity index (χ0v) is 25.4. The maximum Gasteiger partial charge on any atom is 0.651 e. The Balaban J connectivity index is 2.63. The summed E-state index contributed by atoms with van der Waals surface area (Å²) in [5.74, 6) is -1.05. The van der Waals surface area contributed by atoms with Crippen molar-refractivity contribution in [2.75, 3.05) is 0 Å². The summed E-state index contributed by atoms with van der Waals surface area (Å²) in [4.78, 5) is 51.1. The zero-order chi connectivity index (χ0) is 31.8. The number of aliphatic imine (C=N–C) groups is 1. The van der Waals surface area contributed by atoms with Crippen LogP contribution in [0.2, 0.25) is 0 Å². The number of benzene rings is 1. The molecular formula is C24H36N8O9P+. The van der Waals surface area contributed by atoms with Crippen molar-refractivity contribution in [1.82, 2.24) is 35.9 Å². The third-order valence-electron chi connectivity index (χ3n) is 4.75.